The molecule has 0 bridgehead atoms. The number of ether oxygens (including phenoxy) is 2. The molecule has 2 aromatic rings. The smallest absolute Gasteiger partial charge is 0.145 e. The molecule has 20 heavy (non-hydrogen) atoms. The third-order valence-electron chi connectivity index (χ3n) is 3.45. The lowest BCUT2D eigenvalue weighted by Crippen LogP contribution is -2.24. The summed E-state index contributed by atoms with van der Waals surface area (Å²) in [5.74, 6) is 1.80. The Morgan fingerprint density at radius 1 is 1.25 bits per heavy atom. The maximum atomic E-state index is 6.12. The van der Waals surface area contributed by atoms with Gasteiger partial charge in [0, 0.05) is 5.56 Å². The summed E-state index contributed by atoms with van der Waals surface area (Å²) in [6.45, 7) is 5.49. The molecule has 1 aliphatic rings. The van der Waals surface area contributed by atoms with Gasteiger partial charge in [0.2, 0.25) is 0 Å². The summed E-state index contributed by atoms with van der Waals surface area (Å²) in [5.41, 5.74) is 3.39. The third-order valence-corrected chi connectivity index (χ3v) is 3.45. The zero-order chi connectivity index (χ0) is 13.9. The van der Waals surface area contributed by atoms with Gasteiger partial charge in [0.1, 0.15) is 17.6 Å². The van der Waals surface area contributed by atoms with Crippen LogP contribution < -0.4 is 14.8 Å². The van der Waals surface area contributed by atoms with Crippen molar-refractivity contribution in [1.29, 1.82) is 0 Å². The van der Waals surface area contributed by atoms with Crippen molar-refractivity contribution in [3.8, 4) is 11.5 Å². The van der Waals surface area contributed by atoms with Crippen LogP contribution in [0.2, 0.25) is 0 Å². The van der Waals surface area contributed by atoms with Crippen LogP contribution in [0.4, 0.5) is 5.69 Å². The summed E-state index contributed by atoms with van der Waals surface area (Å²) in [6, 6.07) is 14.3. The molecular weight excluding hydrogens is 250 g/mol. The first-order chi connectivity index (χ1) is 9.78. The molecular formula is C17H19NO2. The first kappa shape index (κ1) is 12.9. The van der Waals surface area contributed by atoms with Crippen molar-refractivity contribution in [2.45, 2.75) is 20.0 Å². The standard InChI is InChI=1S/C17H19NO2/c1-3-19-15-7-5-4-6-13(15)17-11-18-14-10-12(2)8-9-16(14)20-17/h4-10,17-18H,3,11H2,1-2H3. The number of anilines is 1. The van der Waals surface area contributed by atoms with Crippen LogP contribution in [-0.2, 0) is 0 Å². The molecule has 0 aromatic heterocycles. The molecule has 1 atom stereocenters. The van der Waals surface area contributed by atoms with Crippen molar-refractivity contribution in [2.75, 3.05) is 18.5 Å². The van der Waals surface area contributed by atoms with Crippen LogP contribution in [0, 0.1) is 6.92 Å². The van der Waals surface area contributed by atoms with Crippen LogP contribution in [0.15, 0.2) is 42.5 Å². The number of rotatable bonds is 3. The van der Waals surface area contributed by atoms with Gasteiger partial charge in [0.05, 0.1) is 18.8 Å². The number of hydrogen-bond acceptors (Lipinski definition) is 3. The maximum absolute atomic E-state index is 6.12. The first-order valence-electron chi connectivity index (χ1n) is 7.01. The van der Waals surface area contributed by atoms with Crippen LogP contribution in [0.5, 0.6) is 11.5 Å². The predicted octanol–water partition coefficient (Wildman–Crippen LogP) is 3.94. The Bertz CT molecular complexity index is 610. The van der Waals surface area contributed by atoms with E-state index in [0.717, 1.165) is 29.3 Å². The van der Waals surface area contributed by atoms with Gasteiger partial charge in [-0.3, -0.25) is 0 Å². The van der Waals surface area contributed by atoms with E-state index in [1.165, 1.54) is 5.56 Å². The lowest BCUT2D eigenvalue weighted by atomic mass is 10.1. The zero-order valence-electron chi connectivity index (χ0n) is 11.8. The largest absolute Gasteiger partial charge is 0.493 e. The molecule has 3 heteroatoms. The van der Waals surface area contributed by atoms with Crippen LogP contribution in [0.25, 0.3) is 0 Å². The number of aryl methyl sites for hydroxylation is 1. The summed E-state index contributed by atoms with van der Waals surface area (Å²) in [7, 11) is 0. The van der Waals surface area contributed by atoms with E-state index < -0.39 is 0 Å². The van der Waals surface area contributed by atoms with Crippen molar-refractivity contribution in [3.63, 3.8) is 0 Å². The van der Waals surface area contributed by atoms with Gasteiger partial charge in [0.15, 0.2) is 0 Å². The van der Waals surface area contributed by atoms with Gasteiger partial charge in [-0.1, -0.05) is 24.3 Å². The summed E-state index contributed by atoms with van der Waals surface area (Å²) in [6.07, 6.45) is -0.0204. The Labute approximate surface area is 119 Å². The SMILES string of the molecule is CCOc1ccccc1C1CNc2cc(C)ccc2O1. The van der Waals surface area contributed by atoms with Gasteiger partial charge in [-0.05, 0) is 37.6 Å². The number of nitrogens with one attached hydrogen (secondary N) is 1. The topological polar surface area (TPSA) is 30.5 Å². The summed E-state index contributed by atoms with van der Waals surface area (Å²) in [5, 5.41) is 3.44. The molecule has 1 heterocycles. The highest BCUT2D eigenvalue weighted by Crippen LogP contribution is 2.37. The van der Waals surface area contributed by atoms with Gasteiger partial charge in [0.25, 0.3) is 0 Å². The molecule has 0 saturated heterocycles. The summed E-state index contributed by atoms with van der Waals surface area (Å²) >= 11 is 0. The molecule has 0 saturated carbocycles. The van der Waals surface area contributed by atoms with Crippen molar-refractivity contribution < 1.29 is 9.47 Å². The first-order valence-corrected chi connectivity index (χ1v) is 7.01. The Morgan fingerprint density at radius 2 is 2.10 bits per heavy atom. The highest BCUT2D eigenvalue weighted by molar-refractivity contribution is 5.60. The van der Waals surface area contributed by atoms with E-state index in [9.17, 15) is 0 Å². The second kappa shape index (κ2) is 5.45. The number of benzene rings is 2. The molecule has 0 aliphatic carbocycles. The van der Waals surface area contributed by atoms with Crippen LogP contribution >= 0.6 is 0 Å². The van der Waals surface area contributed by atoms with E-state index >= 15 is 0 Å². The molecule has 0 spiro atoms. The Balaban J connectivity index is 1.88. The molecule has 3 rings (SSSR count). The van der Waals surface area contributed by atoms with Gasteiger partial charge in [-0.2, -0.15) is 0 Å². The second-order valence-electron chi connectivity index (χ2n) is 4.96. The van der Waals surface area contributed by atoms with E-state index in [1.807, 2.05) is 31.2 Å². The van der Waals surface area contributed by atoms with E-state index in [4.69, 9.17) is 9.47 Å². The van der Waals surface area contributed by atoms with Gasteiger partial charge < -0.3 is 14.8 Å². The lowest BCUT2D eigenvalue weighted by molar-refractivity contribution is 0.203. The monoisotopic (exact) mass is 269 g/mol. The number of para-hydroxylation sites is 1. The Morgan fingerprint density at radius 3 is 2.95 bits per heavy atom. The molecule has 2 aromatic carbocycles. The highest BCUT2D eigenvalue weighted by Gasteiger charge is 2.23. The fourth-order valence-corrected chi connectivity index (χ4v) is 2.49. The predicted molar refractivity (Wildman–Crippen MR) is 80.6 cm³/mol. The van der Waals surface area contributed by atoms with Crippen LogP contribution in [0.1, 0.15) is 24.2 Å². The minimum Gasteiger partial charge on any atom is -0.493 e. The molecule has 3 nitrogen and oxygen atoms in total. The van der Waals surface area contributed by atoms with Crippen LogP contribution in [0.3, 0.4) is 0 Å². The summed E-state index contributed by atoms with van der Waals surface area (Å²) in [4.78, 5) is 0. The minimum absolute atomic E-state index is 0.0204. The third kappa shape index (κ3) is 2.44. The molecule has 104 valence electrons. The normalized spacial score (nSPS) is 16.8. The van der Waals surface area contributed by atoms with E-state index in [-0.39, 0.29) is 6.10 Å². The lowest BCUT2D eigenvalue weighted by Gasteiger charge is -2.29. The Hall–Kier alpha value is -2.16. The van der Waals surface area contributed by atoms with E-state index in [0.29, 0.717) is 6.61 Å². The highest BCUT2D eigenvalue weighted by atomic mass is 16.5. The maximum Gasteiger partial charge on any atom is 0.145 e. The van der Waals surface area contributed by atoms with Gasteiger partial charge in [-0.15, -0.1) is 0 Å². The van der Waals surface area contributed by atoms with E-state index in [1.54, 1.807) is 0 Å². The molecule has 0 amide bonds. The molecule has 1 N–H and O–H groups in total. The van der Waals surface area contributed by atoms with Crippen LogP contribution in [-0.4, -0.2) is 13.2 Å². The molecule has 0 radical (unpaired) electrons. The fourth-order valence-electron chi connectivity index (χ4n) is 2.49. The Kier molecular flexibility index (Phi) is 3.50. The molecule has 1 unspecified atom stereocenters. The van der Waals surface area contributed by atoms with E-state index in [2.05, 4.69) is 30.4 Å². The molecule has 1 aliphatic heterocycles. The zero-order valence-corrected chi connectivity index (χ0v) is 11.8. The minimum atomic E-state index is -0.0204. The second-order valence-corrected chi connectivity index (χ2v) is 4.96. The fraction of sp³-hybridized carbons (Fsp3) is 0.294. The van der Waals surface area contributed by atoms with Crippen molar-refractivity contribution in [3.05, 3.63) is 53.6 Å². The summed E-state index contributed by atoms with van der Waals surface area (Å²) < 4.78 is 11.8. The van der Waals surface area contributed by atoms with Crippen molar-refractivity contribution >= 4 is 5.69 Å². The molecule has 0 fully saturated rings. The average Bonchev–Trinajstić information content (AvgIpc) is 2.48. The number of hydrogen-bond donors (Lipinski definition) is 1. The number of fused-ring (bicyclic) bond motifs is 1. The average molecular weight is 269 g/mol. The van der Waals surface area contributed by atoms with Crippen molar-refractivity contribution in [2.24, 2.45) is 0 Å². The quantitative estimate of drug-likeness (QED) is 0.915. The van der Waals surface area contributed by atoms with Crippen molar-refractivity contribution in [1.82, 2.24) is 0 Å². The van der Waals surface area contributed by atoms with Gasteiger partial charge in [-0.25, -0.2) is 0 Å². The van der Waals surface area contributed by atoms with Gasteiger partial charge >= 0.3 is 0 Å².